The molecule has 0 aliphatic carbocycles. The summed E-state index contributed by atoms with van der Waals surface area (Å²) in [5.74, 6) is -5.87. The number of rotatable bonds is 26. The molecule has 486 valence electrons. The van der Waals surface area contributed by atoms with E-state index in [1.54, 1.807) is 81.3 Å². The fourth-order valence-electron chi connectivity index (χ4n) is 11.3. The van der Waals surface area contributed by atoms with Crippen LogP contribution in [0.1, 0.15) is 99.6 Å². The maximum atomic E-state index is 15.4. The number of esters is 1. The van der Waals surface area contributed by atoms with E-state index in [1.165, 1.54) is 23.1 Å². The number of quaternary nitrogens is 1. The number of nitrogens with one attached hydrogen (secondary N) is 5. The maximum absolute atomic E-state index is 15.4. The average Bonchev–Trinajstić information content (AvgIpc) is 1.53. The van der Waals surface area contributed by atoms with E-state index in [-0.39, 0.29) is 48.3 Å². The number of hydrogen-bond acceptors (Lipinski definition) is 11. The molecule has 7 amide bonds. The van der Waals surface area contributed by atoms with Gasteiger partial charge in [0, 0.05) is 94.9 Å². The zero-order valence-corrected chi connectivity index (χ0v) is 53.5. The number of nitrogens with zero attached hydrogens (tertiary/aromatic N) is 9. The van der Waals surface area contributed by atoms with Gasteiger partial charge in [0.15, 0.2) is 0 Å². The van der Waals surface area contributed by atoms with Crippen molar-refractivity contribution >= 4 is 70.2 Å². The minimum Gasteiger partial charge on any atom is -0.420 e. The number of azide groups is 1. The summed E-state index contributed by atoms with van der Waals surface area (Å²) in [5, 5.41) is 27.6. The van der Waals surface area contributed by atoms with Gasteiger partial charge in [-0.3, -0.25) is 28.9 Å². The van der Waals surface area contributed by atoms with Gasteiger partial charge < -0.3 is 55.6 Å². The van der Waals surface area contributed by atoms with Crippen molar-refractivity contribution in [3.63, 3.8) is 0 Å². The number of aromatic nitrogens is 2. The van der Waals surface area contributed by atoms with Crippen molar-refractivity contribution in [2.75, 3.05) is 51.0 Å². The van der Waals surface area contributed by atoms with Crippen LogP contribution in [0.5, 0.6) is 5.75 Å². The van der Waals surface area contributed by atoms with Crippen LogP contribution in [-0.4, -0.2) is 125 Å². The molecule has 0 spiro atoms. The van der Waals surface area contributed by atoms with E-state index in [4.69, 9.17) is 22.9 Å². The summed E-state index contributed by atoms with van der Waals surface area (Å²) < 4.78 is 47.8. The van der Waals surface area contributed by atoms with E-state index in [2.05, 4.69) is 67.6 Å². The van der Waals surface area contributed by atoms with Gasteiger partial charge in [-0.05, 0) is 148 Å². The lowest BCUT2D eigenvalue weighted by Gasteiger charge is -2.38. The lowest BCUT2D eigenvalue weighted by Crippen LogP contribution is -2.55. The maximum Gasteiger partial charge on any atom is 0.491 e. The van der Waals surface area contributed by atoms with Crippen LogP contribution in [0.15, 0.2) is 102 Å². The van der Waals surface area contributed by atoms with Gasteiger partial charge in [0.1, 0.15) is 42.7 Å². The predicted molar refractivity (Wildman–Crippen MR) is 341 cm³/mol. The number of urea groups is 1. The lowest BCUT2D eigenvalue weighted by atomic mass is 9.90. The number of primary amides is 1. The quantitative estimate of drug-likeness (QED) is 0.00568. The molecule has 92 heavy (non-hydrogen) atoms. The van der Waals surface area contributed by atoms with Crippen LogP contribution in [0.4, 0.5) is 35.0 Å². The van der Waals surface area contributed by atoms with Gasteiger partial charge in [-0.2, -0.15) is 18.4 Å². The van der Waals surface area contributed by atoms with E-state index in [9.17, 15) is 42.4 Å². The minimum atomic E-state index is -5.24. The van der Waals surface area contributed by atoms with Crippen molar-refractivity contribution in [3.8, 4) is 23.1 Å². The van der Waals surface area contributed by atoms with Crippen molar-refractivity contribution in [2.45, 2.75) is 104 Å². The smallest absolute Gasteiger partial charge is 0.420 e. The third-order valence-corrected chi connectivity index (χ3v) is 16.6. The van der Waals surface area contributed by atoms with Gasteiger partial charge in [-0.25, -0.2) is 9.59 Å². The topological polar surface area (TPSA) is 304 Å². The van der Waals surface area contributed by atoms with E-state index in [0.717, 1.165) is 40.8 Å². The Balaban J connectivity index is 1.11. The molecule has 2 aromatic heterocycles. The van der Waals surface area contributed by atoms with Crippen LogP contribution in [0.3, 0.4) is 0 Å². The van der Waals surface area contributed by atoms with E-state index < -0.39 is 72.1 Å². The summed E-state index contributed by atoms with van der Waals surface area (Å²) in [5.41, 5.74) is 21.7. The monoisotopic (exact) mass is 1290 g/mol. The van der Waals surface area contributed by atoms with Gasteiger partial charge in [0.25, 0.3) is 11.8 Å². The normalized spacial score (nSPS) is 13.6. The second-order valence-corrected chi connectivity index (χ2v) is 24.1. The molecule has 4 aromatic carbocycles. The second kappa shape index (κ2) is 30.4. The molecule has 0 fully saturated rings. The zero-order chi connectivity index (χ0) is 67.4. The number of fused-ring (bicyclic) bond motifs is 1. The first-order valence-electron chi connectivity index (χ1n) is 29.7. The molecule has 0 bridgehead atoms. The Bertz CT molecular complexity index is 3850. The Morgan fingerprint density at radius 2 is 1.60 bits per heavy atom. The van der Waals surface area contributed by atoms with E-state index >= 15 is 9.59 Å². The molecule has 0 saturated carbocycles. The zero-order valence-electron chi connectivity index (χ0n) is 52.7. The Morgan fingerprint density at radius 1 is 0.891 bits per heavy atom. The Labute approximate surface area is 536 Å². The van der Waals surface area contributed by atoms with Crippen molar-refractivity contribution in [2.24, 2.45) is 30.9 Å². The molecule has 6 aromatic rings. The number of hydrogen-bond donors (Lipinski definition) is 6. The molecule has 1 aliphatic rings. The standard InChI is InChI=1S/C65H75ClF3N15O8/c1-38(2)58(78-57(85)35-75-79-72)60(87)77-54(17-12-26-74-64(71)91)59(86)76-46-20-18-43(44(28-46)34-73-5)37-84(8,9)27-13-16-48-29-41-14-10-11-15-42(41)36-82(48)61(88)51-25-19-45(66)30-53(51)56-32-52(39(3)81(56)7)62(89)83(55-31-49(33-70)80(6)40(55)4)47-21-23-50(24-22-47)92-63(90)65(67,68)69/h10-11,14-15,18-25,28,30-32,38,48,54,58,73H,12-13,16-17,26-27,29,34-37H2,1-9H3,(H5-,71,74,76,77,78,85,86,87,91)/p+1/t48-,54+,58+/m1/s1. The number of carbonyl (C=O) groups is 7. The molecule has 0 saturated heterocycles. The van der Waals surface area contributed by atoms with Gasteiger partial charge in [-0.1, -0.05) is 60.9 Å². The largest absolute Gasteiger partial charge is 0.491 e. The van der Waals surface area contributed by atoms with Gasteiger partial charge in [0.05, 0.1) is 31.9 Å². The summed E-state index contributed by atoms with van der Waals surface area (Å²) in [6.45, 7) is 8.60. The Hall–Kier alpha value is -9.67. The van der Waals surface area contributed by atoms with Crippen molar-refractivity contribution in [1.82, 2.24) is 35.3 Å². The molecule has 0 radical (unpaired) electrons. The Morgan fingerprint density at radius 3 is 2.24 bits per heavy atom. The van der Waals surface area contributed by atoms with E-state index in [0.29, 0.717) is 88.1 Å². The second-order valence-electron chi connectivity index (χ2n) is 23.7. The van der Waals surface area contributed by atoms with Crippen LogP contribution in [0, 0.1) is 31.1 Å². The van der Waals surface area contributed by atoms with Crippen molar-refractivity contribution in [1.29, 1.82) is 5.26 Å². The SMILES string of the molecule is CNCc1cc(NC(=O)[C@H](CCCNC(N)=O)NC(=O)[C@@H](NC(=O)CN=[N+]=[N-])C(C)C)ccc1C[N+](C)(C)CCC[C@@H]1Cc2ccccc2CN1C(=O)c1ccc(Cl)cc1-c1cc(C(=O)N(c2ccc(OC(=O)C(F)(F)F)cc2)c2cc(C#N)n(C)c2C)c(C)n1C. The first-order chi connectivity index (χ1) is 43.5. The van der Waals surface area contributed by atoms with Crippen molar-refractivity contribution < 1.29 is 56.0 Å². The summed E-state index contributed by atoms with van der Waals surface area (Å²) in [6, 6.07) is 25.8. The minimum absolute atomic E-state index is 0.110. The van der Waals surface area contributed by atoms with Crippen LogP contribution in [-0.2, 0) is 59.3 Å². The number of nitrogens with two attached hydrogens (primary N) is 1. The highest BCUT2D eigenvalue weighted by molar-refractivity contribution is 6.31. The highest BCUT2D eigenvalue weighted by Crippen LogP contribution is 2.38. The van der Waals surface area contributed by atoms with Crippen LogP contribution < -0.4 is 42.0 Å². The molecular weight excluding hydrogens is 1210 g/mol. The number of halogens is 4. The molecule has 0 unspecified atom stereocenters. The number of ether oxygens (including phenoxy) is 1. The number of carbonyl (C=O) groups excluding carboxylic acids is 7. The molecule has 7 N–H and O–H groups in total. The first kappa shape index (κ1) is 69.8. The lowest BCUT2D eigenvalue weighted by molar-refractivity contribution is -0.903. The number of anilines is 3. The Kier molecular flexibility index (Phi) is 23.1. The van der Waals surface area contributed by atoms with E-state index in [1.807, 2.05) is 42.3 Å². The summed E-state index contributed by atoms with van der Waals surface area (Å²) in [7, 11) is 9.48. The highest BCUT2D eigenvalue weighted by Gasteiger charge is 2.42. The van der Waals surface area contributed by atoms with Crippen LogP contribution in [0.2, 0.25) is 5.02 Å². The third kappa shape index (κ3) is 17.2. The summed E-state index contributed by atoms with van der Waals surface area (Å²) in [4.78, 5) is 99.6. The number of amides is 7. The average molecular weight is 1290 g/mol. The molecule has 23 nitrogen and oxygen atoms in total. The molecule has 7 rings (SSSR count). The van der Waals surface area contributed by atoms with Gasteiger partial charge in [0.2, 0.25) is 17.7 Å². The fourth-order valence-corrected chi connectivity index (χ4v) is 11.5. The fraction of sp³-hybridized carbons (Fsp3) is 0.385. The summed E-state index contributed by atoms with van der Waals surface area (Å²) >= 11 is 6.76. The van der Waals surface area contributed by atoms with Crippen LogP contribution in [0.25, 0.3) is 21.7 Å². The molecule has 27 heteroatoms. The highest BCUT2D eigenvalue weighted by atomic mass is 35.5. The van der Waals surface area contributed by atoms with Gasteiger partial charge in [-0.15, -0.1) is 0 Å². The molecule has 3 heterocycles. The first-order valence-corrected chi connectivity index (χ1v) is 30.1. The molecule has 1 aliphatic heterocycles. The summed E-state index contributed by atoms with van der Waals surface area (Å²) in [6.07, 6.45) is -2.90. The van der Waals surface area contributed by atoms with Crippen molar-refractivity contribution in [3.05, 3.63) is 163 Å². The number of benzene rings is 4. The molecule has 3 atom stereocenters. The molecular formula is C65H76ClF3N15O8+. The number of alkyl halides is 3. The third-order valence-electron chi connectivity index (χ3n) is 16.4. The number of nitriles is 1. The predicted octanol–water partition coefficient (Wildman–Crippen LogP) is 9.28. The van der Waals surface area contributed by atoms with Gasteiger partial charge >= 0.3 is 18.2 Å². The van der Waals surface area contributed by atoms with Crippen LogP contribution >= 0.6 is 11.6 Å².